The molecule has 0 saturated heterocycles. The number of rotatable bonds is 3. The number of ether oxygens (including phenoxy) is 1. The molecule has 0 aliphatic rings. The SMILES string of the molecule is COc1ccccc1-c1ncc(-c2cccc(N)c2)o1. The molecule has 4 heteroatoms. The third kappa shape index (κ3) is 2.23. The molecule has 1 heterocycles. The lowest BCUT2D eigenvalue weighted by Gasteiger charge is -2.04. The lowest BCUT2D eigenvalue weighted by Crippen LogP contribution is -1.86. The van der Waals surface area contributed by atoms with Gasteiger partial charge in [-0.25, -0.2) is 4.98 Å². The molecule has 0 atom stereocenters. The third-order valence-corrected chi connectivity index (χ3v) is 3.01. The number of para-hydroxylation sites is 1. The summed E-state index contributed by atoms with van der Waals surface area (Å²) < 4.78 is 11.1. The number of methoxy groups -OCH3 is 1. The van der Waals surface area contributed by atoms with E-state index in [1.54, 1.807) is 13.3 Å². The molecule has 0 unspecified atom stereocenters. The Morgan fingerprint density at radius 2 is 1.95 bits per heavy atom. The van der Waals surface area contributed by atoms with Crippen molar-refractivity contribution in [2.75, 3.05) is 12.8 Å². The van der Waals surface area contributed by atoms with Gasteiger partial charge in [-0.3, -0.25) is 0 Å². The van der Waals surface area contributed by atoms with Gasteiger partial charge in [0, 0.05) is 11.3 Å². The normalized spacial score (nSPS) is 10.4. The zero-order chi connectivity index (χ0) is 13.9. The van der Waals surface area contributed by atoms with Crippen molar-refractivity contribution in [2.24, 2.45) is 0 Å². The number of hydrogen-bond acceptors (Lipinski definition) is 4. The van der Waals surface area contributed by atoms with Gasteiger partial charge in [0.15, 0.2) is 5.76 Å². The van der Waals surface area contributed by atoms with Crippen molar-refractivity contribution >= 4 is 5.69 Å². The van der Waals surface area contributed by atoms with E-state index in [4.69, 9.17) is 14.9 Å². The summed E-state index contributed by atoms with van der Waals surface area (Å²) in [6, 6.07) is 15.1. The molecule has 100 valence electrons. The molecule has 0 fully saturated rings. The van der Waals surface area contributed by atoms with Gasteiger partial charge in [0.2, 0.25) is 5.89 Å². The number of hydrogen-bond donors (Lipinski definition) is 1. The van der Waals surface area contributed by atoms with Gasteiger partial charge in [-0.1, -0.05) is 24.3 Å². The predicted octanol–water partition coefficient (Wildman–Crippen LogP) is 3.60. The van der Waals surface area contributed by atoms with Crippen molar-refractivity contribution in [3.8, 4) is 28.5 Å². The van der Waals surface area contributed by atoms with Crippen LogP contribution in [0, 0.1) is 0 Å². The number of oxazole rings is 1. The van der Waals surface area contributed by atoms with Crippen LogP contribution in [0.5, 0.6) is 5.75 Å². The van der Waals surface area contributed by atoms with Gasteiger partial charge in [-0.2, -0.15) is 0 Å². The van der Waals surface area contributed by atoms with Crippen LogP contribution < -0.4 is 10.5 Å². The first-order chi connectivity index (χ1) is 9.78. The Labute approximate surface area is 116 Å². The maximum absolute atomic E-state index is 5.81. The van der Waals surface area contributed by atoms with E-state index in [1.165, 1.54) is 0 Å². The Kier molecular flexibility index (Phi) is 3.13. The number of nitrogen functional groups attached to an aromatic ring is 1. The zero-order valence-corrected chi connectivity index (χ0v) is 11.0. The second-order valence-corrected chi connectivity index (χ2v) is 4.36. The number of anilines is 1. The highest BCUT2D eigenvalue weighted by Crippen LogP contribution is 2.32. The Bertz CT molecular complexity index is 735. The molecule has 0 radical (unpaired) electrons. The van der Waals surface area contributed by atoms with Crippen LogP contribution in [-0.2, 0) is 0 Å². The minimum atomic E-state index is 0.528. The van der Waals surface area contributed by atoms with Crippen molar-refractivity contribution in [2.45, 2.75) is 0 Å². The van der Waals surface area contributed by atoms with E-state index in [2.05, 4.69) is 4.98 Å². The second-order valence-electron chi connectivity index (χ2n) is 4.36. The highest BCUT2D eigenvalue weighted by atomic mass is 16.5. The molecular weight excluding hydrogens is 252 g/mol. The van der Waals surface area contributed by atoms with Crippen molar-refractivity contribution in [3.63, 3.8) is 0 Å². The Morgan fingerprint density at radius 1 is 1.10 bits per heavy atom. The van der Waals surface area contributed by atoms with Gasteiger partial charge >= 0.3 is 0 Å². The van der Waals surface area contributed by atoms with Crippen molar-refractivity contribution in [1.29, 1.82) is 0 Å². The molecule has 3 aromatic rings. The topological polar surface area (TPSA) is 61.3 Å². The third-order valence-electron chi connectivity index (χ3n) is 3.01. The highest BCUT2D eigenvalue weighted by molar-refractivity contribution is 5.67. The van der Waals surface area contributed by atoms with E-state index in [0.717, 1.165) is 16.9 Å². The zero-order valence-electron chi connectivity index (χ0n) is 11.0. The van der Waals surface area contributed by atoms with Crippen LogP contribution in [0.4, 0.5) is 5.69 Å². The smallest absolute Gasteiger partial charge is 0.230 e. The lowest BCUT2D eigenvalue weighted by atomic mass is 10.2. The fraction of sp³-hybridized carbons (Fsp3) is 0.0625. The molecule has 0 amide bonds. The second kappa shape index (κ2) is 5.09. The quantitative estimate of drug-likeness (QED) is 0.736. The molecule has 0 spiro atoms. The average Bonchev–Trinajstić information content (AvgIpc) is 2.97. The van der Waals surface area contributed by atoms with E-state index in [0.29, 0.717) is 17.3 Å². The minimum absolute atomic E-state index is 0.528. The van der Waals surface area contributed by atoms with Gasteiger partial charge < -0.3 is 14.9 Å². The fourth-order valence-electron chi connectivity index (χ4n) is 2.05. The Balaban J connectivity index is 2.02. The van der Waals surface area contributed by atoms with Gasteiger partial charge in [-0.05, 0) is 24.3 Å². The van der Waals surface area contributed by atoms with E-state index >= 15 is 0 Å². The molecule has 0 bridgehead atoms. The maximum atomic E-state index is 5.81. The summed E-state index contributed by atoms with van der Waals surface area (Å²) in [5.41, 5.74) is 8.20. The van der Waals surface area contributed by atoms with E-state index in [-0.39, 0.29) is 0 Å². The first-order valence-corrected chi connectivity index (χ1v) is 6.23. The first-order valence-electron chi connectivity index (χ1n) is 6.23. The van der Waals surface area contributed by atoms with Crippen molar-refractivity contribution in [3.05, 3.63) is 54.7 Å². The lowest BCUT2D eigenvalue weighted by molar-refractivity contribution is 0.414. The predicted molar refractivity (Wildman–Crippen MR) is 78.3 cm³/mol. The van der Waals surface area contributed by atoms with Gasteiger partial charge in [-0.15, -0.1) is 0 Å². The summed E-state index contributed by atoms with van der Waals surface area (Å²) in [5, 5.41) is 0. The van der Waals surface area contributed by atoms with Gasteiger partial charge in [0.05, 0.1) is 18.9 Å². The largest absolute Gasteiger partial charge is 0.496 e. The summed E-state index contributed by atoms with van der Waals surface area (Å²) in [6.45, 7) is 0. The van der Waals surface area contributed by atoms with Crippen molar-refractivity contribution in [1.82, 2.24) is 4.98 Å². The summed E-state index contributed by atoms with van der Waals surface area (Å²) in [5.74, 6) is 1.94. The van der Waals surface area contributed by atoms with E-state index < -0.39 is 0 Å². The van der Waals surface area contributed by atoms with Crippen LogP contribution in [0.2, 0.25) is 0 Å². The average molecular weight is 266 g/mol. The van der Waals surface area contributed by atoms with Crippen LogP contribution in [0.1, 0.15) is 0 Å². The molecule has 2 aromatic carbocycles. The summed E-state index contributed by atoms with van der Waals surface area (Å²) in [7, 11) is 1.63. The maximum Gasteiger partial charge on any atom is 0.230 e. The van der Waals surface area contributed by atoms with Crippen molar-refractivity contribution < 1.29 is 9.15 Å². The van der Waals surface area contributed by atoms with Crippen LogP contribution >= 0.6 is 0 Å². The van der Waals surface area contributed by atoms with Gasteiger partial charge in [0.1, 0.15) is 5.75 Å². The monoisotopic (exact) mass is 266 g/mol. The molecule has 1 aromatic heterocycles. The Morgan fingerprint density at radius 3 is 2.75 bits per heavy atom. The molecule has 0 aliphatic heterocycles. The summed E-state index contributed by atoms with van der Waals surface area (Å²) >= 11 is 0. The van der Waals surface area contributed by atoms with Crippen LogP contribution in [0.3, 0.4) is 0 Å². The summed E-state index contributed by atoms with van der Waals surface area (Å²) in [4.78, 5) is 4.31. The first kappa shape index (κ1) is 12.3. The molecule has 0 aliphatic carbocycles. The van der Waals surface area contributed by atoms with Crippen LogP contribution in [0.15, 0.2) is 59.1 Å². The van der Waals surface area contributed by atoms with E-state index in [1.807, 2.05) is 48.5 Å². The number of benzene rings is 2. The molecule has 2 N–H and O–H groups in total. The van der Waals surface area contributed by atoms with E-state index in [9.17, 15) is 0 Å². The number of aromatic nitrogens is 1. The highest BCUT2D eigenvalue weighted by Gasteiger charge is 2.12. The van der Waals surface area contributed by atoms with Crippen LogP contribution in [0.25, 0.3) is 22.8 Å². The number of nitrogens with zero attached hydrogens (tertiary/aromatic N) is 1. The molecule has 20 heavy (non-hydrogen) atoms. The minimum Gasteiger partial charge on any atom is -0.496 e. The molecular formula is C16H14N2O2. The molecule has 3 rings (SSSR count). The summed E-state index contributed by atoms with van der Waals surface area (Å²) in [6.07, 6.45) is 1.69. The van der Waals surface area contributed by atoms with Crippen LogP contribution in [-0.4, -0.2) is 12.1 Å². The fourth-order valence-corrected chi connectivity index (χ4v) is 2.05. The Hall–Kier alpha value is -2.75. The van der Waals surface area contributed by atoms with Gasteiger partial charge in [0.25, 0.3) is 0 Å². The molecule has 0 saturated carbocycles. The standard InChI is InChI=1S/C16H14N2O2/c1-19-14-8-3-2-7-13(14)16-18-10-15(20-16)11-5-4-6-12(17)9-11/h2-10H,17H2,1H3. The molecule has 4 nitrogen and oxygen atoms in total. The number of nitrogens with two attached hydrogens (primary N) is 1.